The van der Waals surface area contributed by atoms with E-state index in [9.17, 15) is 4.79 Å². The molecule has 0 aromatic carbocycles. The SMILES string of the molecule is CCCCN(CC)C(=O)NC1CCCC1. The summed E-state index contributed by atoms with van der Waals surface area (Å²) in [5, 5.41) is 3.13. The van der Waals surface area contributed by atoms with E-state index in [4.69, 9.17) is 0 Å². The molecule has 15 heavy (non-hydrogen) atoms. The Balaban J connectivity index is 2.28. The second-order valence-electron chi connectivity index (χ2n) is 4.36. The van der Waals surface area contributed by atoms with Crippen LogP contribution in [0.4, 0.5) is 4.79 Å². The molecule has 3 heteroatoms. The van der Waals surface area contributed by atoms with E-state index < -0.39 is 0 Å². The summed E-state index contributed by atoms with van der Waals surface area (Å²) in [5.74, 6) is 0. The molecule has 1 rings (SSSR count). The Morgan fingerprint density at radius 3 is 2.53 bits per heavy atom. The zero-order chi connectivity index (χ0) is 11.1. The Hall–Kier alpha value is -0.730. The molecule has 0 aromatic heterocycles. The van der Waals surface area contributed by atoms with Crippen LogP contribution in [0.25, 0.3) is 0 Å². The first-order valence-electron chi connectivity index (χ1n) is 6.33. The topological polar surface area (TPSA) is 32.3 Å². The van der Waals surface area contributed by atoms with Gasteiger partial charge in [0.25, 0.3) is 0 Å². The maximum absolute atomic E-state index is 11.9. The summed E-state index contributed by atoms with van der Waals surface area (Å²) in [4.78, 5) is 13.8. The van der Waals surface area contributed by atoms with Crippen LogP contribution >= 0.6 is 0 Å². The number of rotatable bonds is 5. The zero-order valence-electron chi connectivity index (χ0n) is 10.1. The minimum atomic E-state index is 0.137. The van der Waals surface area contributed by atoms with Gasteiger partial charge in [0.05, 0.1) is 0 Å². The van der Waals surface area contributed by atoms with Gasteiger partial charge in [0, 0.05) is 19.1 Å². The predicted octanol–water partition coefficient (Wildman–Crippen LogP) is 2.76. The Kier molecular flexibility index (Phi) is 5.51. The van der Waals surface area contributed by atoms with Gasteiger partial charge in [0.2, 0.25) is 0 Å². The van der Waals surface area contributed by atoms with Gasteiger partial charge in [-0.25, -0.2) is 4.79 Å². The molecule has 88 valence electrons. The number of nitrogens with one attached hydrogen (secondary N) is 1. The summed E-state index contributed by atoms with van der Waals surface area (Å²) in [7, 11) is 0. The van der Waals surface area contributed by atoms with Gasteiger partial charge in [-0.15, -0.1) is 0 Å². The normalized spacial score (nSPS) is 16.7. The standard InChI is InChI=1S/C12H24N2O/c1-3-5-10-14(4-2)12(15)13-11-8-6-7-9-11/h11H,3-10H2,1-2H3,(H,13,15). The van der Waals surface area contributed by atoms with Crippen molar-refractivity contribution >= 4 is 6.03 Å². The van der Waals surface area contributed by atoms with E-state index in [1.807, 2.05) is 11.8 Å². The van der Waals surface area contributed by atoms with E-state index in [2.05, 4.69) is 12.2 Å². The number of amides is 2. The van der Waals surface area contributed by atoms with Crippen LogP contribution in [-0.2, 0) is 0 Å². The van der Waals surface area contributed by atoms with Crippen molar-refractivity contribution in [2.45, 2.75) is 58.4 Å². The molecular weight excluding hydrogens is 188 g/mol. The average Bonchev–Trinajstić information content (AvgIpc) is 2.71. The number of nitrogens with zero attached hydrogens (tertiary/aromatic N) is 1. The molecule has 0 spiro atoms. The molecule has 0 bridgehead atoms. The van der Waals surface area contributed by atoms with Crippen molar-refractivity contribution in [3.05, 3.63) is 0 Å². The number of unbranched alkanes of at least 4 members (excludes halogenated alkanes) is 1. The smallest absolute Gasteiger partial charge is 0.317 e. The highest BCUT2D eigenvalue weighted by molar-refractivity contribution is 5.74. The summed E-state index contributed by atoms with van der Waals surface area (Å²) in [6.07, 6.45) is 7.12. The fourth-order valence-corrected chi connectivity index (χ4v) is 2.09. The van der Waals surface area contributed by atoms with E-state index in [-0.39, 0.29) is 6.03 Å². The van der Waals surface area contributed by atoms with Crippen LogP contribution < -0.4 is 5.32 Å². The number of carbonyl (C=O) groups excluding carboxylic acids is 1. The molecule has 0 radical (unpaired) electrons. The van der Waals surface area contributed by atoms with Crippen molar-refractivity contribution in [1.29, 1.82) is 0 Å². The van der Waals surface area contributed by atoms with Gasteiger partial charge >= 0.3 is 6.03 Å². The molecule has 0 heterocycles. The average molecular weight is 212 g/mol. The Labute approximate surface area is 93.2 Å². The fourth-order valence-electron chi connectivity index (χ4n) is 2.09. The third-order valence-corrected chi connectivity index (χ3v) is 3.13. The van der Waals surface area contributed by atoms with E-state index in [1.54, 1.807) is 0 Å². The number of hydrogen-bond acceptors (Lipinski definition) is 1. The van der Waals surface area contributed by atoms with Gasteiger partial charge in [-0.1, -0.05) is 26.2 Å². The van der Waals surface area contributed by atoms with Crippen LogP contribution in [0.3, 0.4) is 0 Å². The lowest BCUT2D eigenvalue weighted by atomic mass is 10.2. The quantitative estimate of drug-likeness (QED) is 0.746. The third kappa shape index (κ3) is 4.10. The molecule has 0 atom stereocenters. The second kappa shape index (κ2) is 6.70. The molecule has 2 amide bonds. The number of carbonyl (C=O) groups is 1. The van der Waals surface area contributed by atoms with Crippen LogP contribution in [0.1, 0.15) is 52.4 Å². The highest BCUT2D eigenvalue weighted by Gasteiger charge is 2.19. The summed E-state index contributed by atoms with van der Waals surface area (Å²) in [6, 6.07) is 0.575. The van der Waals surface area contributed by atoms with E-state index in [0.717, 1.165) is 38.8 Å². The second-order valence-corrected chi connectivity index (χ2v) is 4.36. The largest absolute Gasteiger partial charge is 0.335 e. The lowest BCUT2D eigenvalue weighted by Gasteiger charge is -2.23. The Morgan fingerprint density at radius 2 is 2.00 bits per heavy atom. The van der Waals surface area contributed by atoms with Gasteiger partial charge in [-0.2, -0.15) is 0 Å². The van der Waals surface area contributed by atoms with Gasteiger partial charge < -0.3 is 10.2 Å². The van der Waals surface area contributed by atoms with Crippen LogP contribution in [0.5, 0.6) is 0 Å². The van der Waals surface area contributed by atoms with Crippen molar-refractivity contribution in [2.24, 2.45) is 0 Å². The van der Waals surface area contributed by atoms with Gasteiger partial charge in [0.1, 0.15) is 0 Å². The summed E-state index contributed by atoms with van der Waals surface area (Å²) < 4.78 is 0. The Morgan fingerprint density at radius 1 is 1.33 bits per heavy atom. The zero-order valence-corrected chi connectivity index (χ0v) is 10.1. The summed E-state index contributed by atoms with van der Waals surface area (Å²) in [5.41, 5.74) is 0. The lowest BCUT2D eigenvalue weighted by Crippen LogP contribution is -2.44. The van der Waals surface area contributed by atoms with Gasteiger partial charge in [0.15, 0.2) is 0 Å². The van der Waals surface area contributed by atoms with Crippen molar-refractivity contribution < 1.29 is 4.79 Å². The fraction of sp³-hybridized carbons (Fsp3) is 0.917. The molecular formula is C12H24N2O. The molecule has 0 saturated heterocycles. The van der Waals surface area contributed by atoms with Crippen molar-refractivity contribution in [1.82, 2.24) is 10.2 Å². The third-order valence-electron chi connectivity index (χ3n) is 3.13. The lowest BCUT2D eigenvalue weighted by molar-refractivity contribution is 0.195. The van der Waals surface area contributed by atoms with Crippen LogP contribution in [0, 0.1) is 0 Å². The monoisotopic (exact) mass is 212 g/mol. The highest BCUT2D eigenvalue weighted by Crippen LogP contribution is 2.17. The molecule has 1 aliphatic rings. The molecule has 1 N–H and O–H groups in total. The van der Waals surface area contributed by atoms with E-state index in [1.165, 1.54) is 12.8 Å². The molecule has 1 saturated carbocycles. The van der Waals surface area contributed by atoms with Gasteiger partial charge in [-0.05, 0) is 26.2 Å². The first-order chi connectivity index (χ1) is 7.27. The summed E-state index contributed by atoms with van der Waals surface area (Å²) in [6.45, 7) is 5.91. The molecule has 0 aromatic rings. The van der Waals surface area contributed by atoms with Crippen LogP contribution in [0.2, 0.25) is 0 Å². The predicted molar refractivity (Wildman–Crippen MR) is 62.9 cm³/mol. The minimum Gasteiger partial charge on any atom is -0.335 e. The molecule has 0 aliphatic heterocycles. The first-order valence-corrected chi connectivity index (χ1v) is 6.33. The molecule has 3 nitrogen and oxygen atoms in total. The summed E-state index contributed by atoms with van der Waals surface area (Å²) >= 11 is 0. The van der Waals surface area contributed by atoms with Crippen molar-refractivity contribution in [2.75, 3.05) is 13.1 Å². The van der Waals surface area contributed by atoms with Crippen molar-refractivity contribution in [3.63, 3.8) is 0 Å². The van der Waals surface area contributed by atoms with E-state index in [0.29, 0.717) is 6.04 Å². The van der Waals surface area contributed by atoms with Gasteiger partial charge in [-0.3, -0.25) is 0 Å². The van der Waals surface area contributed by atoms with Crippen molar-refractivity contribution in [3.8, 4) is 0 Å². The molecule has 1 fully saturated rings. The number of hydrogen-bond donors (Lipinski definition) is 1. The number of urea groups is 1. The van der Waals surface area contributed by atoms with E-state index >= 15 is 0 Å². The highest BCUT2D eigenvalue weighted by atomic mass is 16.2. The van der Waals surface area contributed by atoms with Crippen LogP contribution in [0.15, 0.2) is 0 Å². The minimum absolute atomic E-state index is 0.137. The van der Waals surface area contributed by atoms with Crippen LogP contribution in [-0.4, -0.2) is 30.1 Å². The Bertz CT molecular complexity index is 188. The maximum Gasteiger partial charge on any atom is 0.317 e. The first kappa shape index (κ1) is 12.3. The maximum atomic E-state index is 11.9. The molecule has 1 aliphatic carbocycles. The molecule has 0 unspecified atom stereocenters.